The van der Waals surface area contributed by atoms with Crippen molar-refractivity contribution in [2.24, 2.45) is 4.99 Å². The zero-order valence-electron chi connectivity index (χ0n) is 21.6. The van der Waals surface area contributed by atoms with Crippen molar-refractivity contribution in [1.29, 1.82) is 0 Å². The fraction of sp³-hybridized carbons (Fsp3) is 0.696. The van der Waals surface area contributed by atoms with Crippen LogP contribution in [0.2, 0.25) is 0 Å². The molecule has 0 aromatic carbocycles. The molecule has 35 heavy (non-hydrogen) atoms. The van der Waals surface area contributed by atoms with E-state index in [1.54, 1.807) is 20.8 Å². The van der Waals surface area contributed by atoms with Gasteiger partial charge < -0.3 is 30.0 Å². The van der Waals surface area contributed by atoms with E-state index in [1.165, 1.54) is 24.4 Å². The second-order valence-electron chi connectivity index (χ2n) is 8.54. The Kier molecular flexibility index (Phi) is 15.5. The minimum Gasteiger partial charge on any atom is -0.595 e. The SMILES string of the molecule is CC/C(C)=C/CSC[C@H](NC(=O)CC[C@H](N=C([O-])OC(C)(C)C)C(=O)OC)C(=O)NCC(=O)OC. The van der Waals surface area contributed by atoms with Gasteiger partial charge in [-0.1, -0.05) is 39.3 Å². The number of ether oxygens (including phenoxy) is 3. The van der Waals surface area contributed by atoms with Crippen molar-refractivity contribution in [2.45, 2.75) is 71.6 Å². The first-order valence-corrected chi connectivity index (χ1v) is 12.4. The van der Waals surface area contributed by atoms with Gasteiger partial charge in [-0.05, 0) is 19.8 Å². The summed E-state index contributed by atoms with van der Waals surface area (Å²) in [7, 11) is 2.35. The lowest BCUT2D eigenvalue weighted by atomic mass is 10.1. The van der Waals surface area contributed by atoms with Crippen LogP contribution >= 0.6 is 11.8 Å². The number of hydrogen-bond acceptors (Lipinski definition) is 10. The monoisotopic (exact) mass is 516 g/mol. The maximum absolute atomic E-state index is 12.6. The van der Waals surface area contributed by atoms with Gasteiger partial charge in [0.1, 0.15) is 24.7 Å². The maximum Gasteiger partial charge on any atom is 0.330 e. The van der Waals surface area contributed by atoms with Crippen LogP contribution in [-0.4, -0.2) is 79.8 Å². The summed E-state index contributed by atoms with van der Waals surface area (Å²) in [6.07, 6.45) is 1.68. The number of thioether (sulfide) groups is 1. The van der Waals surface area contributed by atoms with Crippen LogP contribution < -0.4 is 15.7 Å². The molecule has 2 amide bonds. The van der Waals surface area contributed by atoms with Crippen molar-refractivity contribution in [3.05, 3.63) is 11.6 Å². The Morgan fingerprint density at radius 3 is 2.34 bits per heavy atom. The Bertz CT molecular complexity index is 777. The molecule has 0 bridgehead atoms. The summed E-state index contributed by atoms with van der Waals surface area (Å²) >= 11 is 1.44. The van der Waals surface area contributed by atoms with Gasteiger partial charge in [0.2, 0.25) is 11.8 Å². The van der Waals surface area contributed by atoms with Crippen molar-refractivity contribution in [3.8, 4) is 0 Å². The summed E-state index contributed by atoms with van der Waals surface area (Å²) in [6.45, 7) is 8.68. The molecule has 0 aliphatic carbocycles. The topological polar surface area (TPSA) is 155 Å². The van der Waals surface area contributed by atoms with Gasteiger partial charge in [-0.3, -0.25) is 19.4 Å². The van der Waals surface area contributed by atoms with Crippen LogP contribution in [0.1, 0.15) is 53.9 Å². The number of carbonyl (C=O) groups excluding carboxylic acids is 4. The highest BCUT2D eigenvalue weighted by Crippen LogP contribution is 2.11. The van der Waals surface area contributed by atoms with Crippen LogP contribution in [0, 0.1) is 0 Å². The highest BCUT2D eigenvalue weighted by atomic mass is 32.2. The van der Waals surface area contributed by atoms with Crippen LogP contribution in [0.15, 0.2) is 16.6 Å². The summed E-state index contributed by atoms with van der Waals surface area (Å²) in [5, 5.41) is 17.0. The van der Waals surface area contributed by atoms with Crippen LogP contribution in [0.25, 0.3) is 0 Å². The highest BCUT2D eigenvalue weighted by molar-refractivity contribution is 7.99. The molecule has 0 unspecified atom stereocenters. The molecular weight excluding hydrogens is 478 g/mol. The minimum atomic E-state index is -1.23. The zero-order valence-corrected chi connectivity index (χ0v) is 22.4. The average Bonchev–Trinajstić information content (AvgIpc) is 2.79. The van der Waals surface area contributed by atoms with E-state index in [0.717, 1.165) is 13.5 Å². The van der Waals surface area contributed by atoms with Crippen LogP contribution in [0.3, 0.4) is 0 Å². The van der Waals surface area contributed by atoms with Gasteiger partial charge in [0.15, 0.2) is 0 Å². The number of esters is 2. The lowest BCUT2D eigenvalue weighted by molar-refractivity contribution is -0.261. The molecule has 0 heterocycles. The highest BCUT2D eigenvalue weighted by Gasteiger charge is 2.24. The summed E-state index contributed by atoms with van der Waals surface area (Å²) < 4.78 is 14.3. The van der Waals surface area contributed by atoms with Crippen molar-refractivity contribution >= 4 is 41.6 Å². The van der Waals surface area contributed by atoms with Crippen LogP contribution in [0.5, 0.6) is 0 Å². The molecule has 0 aliphatic rings. The molecule has 0 saturated heterocycles. The zero-order chi connectivity index (χ0) is 27.0. The lowest BCUT2D eigenvalue weighted by Gasteiger charge is -2.30. The van der Waals surface area contributed by atoms with Crippen molar-refractivity contribution < 1.29 is 38.5 Å². The molecule has 0 fully saturated rings. The first-order valence-electron chi connectivity index (χ1n) is 11.2. The van der Waals surface area contributed by atoms with Gasteiger partial charge in [-0.2, -0.15) is 11.8 Å². The van der Waals surface area contributed by atoms with E-state index < -0.39 is 47.5 Å². The van der Waals surface area contributed by atoms with Gasteiger partial charge >= 0.3 is 11.9 Å². The number of aliphatic imine (C=N–C) groups is 1. The molecule has 2 atom stereocenters. The average molecular weight is 517 g/mol. The van der Waals surface area contributed by atoms with Crippen LogP contribution in [-0.2, 0) is 33.4 Å². The molecule has 11 nitrogen and oxygen atoms in total. The quantitative estimate of drug-likeness (QED) is 0.112. The lowest BCUT2D eigenvalue weighted by Crippen LogP contribution is -2.49. The molecule has 0 spiro atoms. The number of carbonyl (C=O) groups is 4. The second-order valence-corrected chi connectivity index (χ2v) is 9.62. The Balaban J connectivity index is 5.19. The Morgan fingerprint density at radius 2 is 1.80 bits per heavy atom. The number of allylic oxidation sites excluding steroid dienone is 1. The number of rotatable bonds is 14. The van der Waals surface area contributed by atoms with Gasteiger partial charge in [-0.15, -0.1) is 0 Å². The number of nitrogens with zero attached hydrogens (tertiary/aromatic N) is 1. The Hall–Kier alpha value is -2.76. The van der Waals surface area contributed by atoms with E-state index in [-0.39, 0.29) is 25.1 Å². The Morgan fingerprint density at radius 1 is 1.14 bits per heavy atom. The third kappa shape index (κ3) is 15.7. The standard InChI is InChI=1S/C23H39N3O8S/c1-8-15(2)11-12-35-14-17(20(29)24-13-19(28)32-6)25-18(27)10-9-16(21(30)33-7)26-22(31)34-23(3,4)5/h11,16-17H,8-10,12-14H2,1-7H3,(H,24,29)(H,25,27)(H,26,31)/p-1/b15-11+/t16-,17-/m0/s1. The predicted molar refractivity (Wildman–Crippen MR) is 132 cm³/mol. The molecule has 12 heteroatoms. The van der Waals surface area contributed by atoms with E-state index in [2.05, 4.69) is 25.1 Å². The summed E-state index contributed by atoms with van der Waals surface area (Å²) in [5.41, 5.74) is 0.405. The van der Waals surface area contributed by atoms with E-state index >= 15 is 0 Å². The van der Waals surface area contributed by atoms with Gasteiger partial charge in [0, 0.05) is 23.5 Å². The third-order valence-electron chi connectivity index (χ3n) is 4.45. The van der Waals surface area contributed by atoms with E-state index in [4.69, 9.17) is 4.74 Å². The number of amides is 2. The predicted octanol–water partition coefficient (Wildman–Crippen LogP) is 0.703. The molecule has 0 radical (unpaired) electrons. The van der Waals surface area contributed by atoms with Crippen molar-refractivity contribution in [3.63, 3.8) is 0 Å². The maximum atomic E-state index is 12.6. The van der Waals surface area contributed by atoms with Crippen molar-refractivity contribution in [1.82, 2.24) is 10.6 Å². The molecule has 0 rings (SSSR count). The smallest absolute Gasteiger partial charge is 0.330 e. The molecule has 0 aliphatic heterocycles. The number of hydrogen-bond donors (Lipinski definition) is 2. The molecule has 200 valence electrons. The number of nitrogens with one attached hydrogen (secondary N) is 2. The van der Waals surface area contributed by atoms with Crippen LogP contribution in [0.4, 0.5) is 0 Å². The largest absolute Gasteiger partial charge is 0.595 e. The van der Waals surface area contributed by atoms with E-state index in [1.807, 2.05) is 19.9 Å². The molecular formula is C23H38N3O8S-. The molecule has 0 saturated carbocycles. The first-order chi connectivity index (χ1) is 16.3. The van der Waals surface area contributed by atoms with Crippen molar-refractivity contribution in [2.75, 3.05) is 32.3 Å². The Labute approximate surface area is 211 Å². The van der Waals surface area contributed by atoms with Gasteiger partial charge in [0.05, 0.1) is 14.2 Å². The van der Waals surface area contributed by atoms with Gasteiger partial charge in [0.25, 0.3) is 0 Å². The molecule has 0 aromatic rings. The second kappa shape index (κ2) is 16.8. The summed E-state index contributed by atoms with van der Waals surface area (Å²) in [6, 6.07) is -2.16. The van der Waals surface area contributed by atoms with E-state index in [9.17, 15) is 24.3 Å². The normalized spacial score (nSPS) is 13.9. The fourth-order valence-corrected chi connectivity index (χ4v) is 3.40. The van der Waals surface area contributed by atoms with Gasteiger partial charge in [-0.25, -0.2) is 4.79 Å². The summed E-state index contributed by atoms with van der Waals surface area (Å²) in [4.78, 5) is 52.2. The fourth-order valence-electron chi connectivity index (χ4n) is 2.39. The first kappa shape index (κ1) is 32.2. The minimum absolute atomic E-state index is 0.125. The summed E-state index contributed by atoms with van der Waals surface area (Å²) in [5.74, 6) is -1.58. The third-order valence-corrected chi connectivity index (χ3v) is 5.42. The molecule has 0 aromatic heterocycles. The van der Waals surface area contributed by atoms with E-state index in [0.29, 0.717) is 5.75 Å². The number of methoxy groups -OCH3 is 2. The molecule has 2 N–H and O–H groups in total.